The first-order chi connectivity index (χ1) is 14.8. The number of para-hydroxylation sites is 1. The molecule has 0 bridgehead atoms. The smallest absolute Gasteiger partial charge is 0.322 e. The van der Waals surface area contributed by atoms with E-state index in [9.17, 15) is 4.79 Å². The minimum Gasteiger partial charge on any atom is -0.457 e. The Labute approximate surface area is 201 Å². The molecule has 2 amide bonds. The molecule has 2 N–H and O–H groups in total. The number of anilines is 1. The molecule has 0 aliphatic carbocycles. The third-order valence-electron chi connectivity index (χ3n) is 5.18. The van der Waals surface area contributed by atoms with Crippen molar-refractivity contribution in [1.29, 1.82) is 0 Å². The van der Waals surface area contributed by atoms with E-state index in [0.29, 0.717) is 6.54 Å². The molecule has 32 heavy (non-hydrogen) atoms. The van der Waals surface area contributed by atoms with Crippen LogP contribution in [0.4, 0.5) is 10.5 Å². The van der Waals surface area contributed by atoms with Gasteiger partial charge < -0.3 is 20.3 Å². The van der Waals surface area contributed by atoms with Gasteiger partial charge in [-0.2, -0.15) is 0 Å². The SMILES string of the molecule is Cl.Cl.O=C(Nc1ccc(Oc2ccccc2)cc1)N1CCNCC1CCc1cccnc1. The van der Waals surface area contributed by atoms with E-state index in [0.717, 1.165) is 43.1 Å². The number of ether oxygens (including phenoxy) is 1. The fourth-order valence-corrected chi connectivity index (χ4v) is 3.59. The second-order valence-electron chi connectivity index (χ2n) is 7.32. The van der Waals surface area contributed by atoms with Crippen molar-refractivity contribution >= 4 is 36.5 Å². The molecule has 1 saturated heterocycles. The number of pyridine rings is 1. The lowest BCUT2D eigenvalue weighted by Crippen LogP contribution is -2.55. The first kappa shape index (κ1) is 25.5. The molecular weight excluding hydrogens is 447 g/mol. The maximum Gasteiger partial charge on any atom is 0.322 e. The van der Waals surface area contributed by atoms with Crippen LogP contribution in [0.15, 0.2) is 79.1 Å². The average Bonchev–Trinajstić information content (AvgIpc) is 2.80. The Kier molecular flexibility index (Phi) is 10.3. The summed E-state index contributed by atoms with van der Waals surface area (Å²) in [5.41, 5.74) is 1.95. The summed E-state index contributed by atoms with van der Waals surface area (Å²) in [6.45, 7) is 2.30. The maximum absolute atomic E-state index is 12.9. The number of nitrogens with one attached hydrogen (secondary N) is 2. The number of aryl methyl sites for hydroxylation is 1. The van der Waals surface area contributed by atoms with Crippen molar-refractivity contribution in [1.82, 2.24) is 15.2 Å². The van der Waals surface area contributed by atoms with E-state index in [1.54, 1.807) is 6.20 Å². The van der Waals surface area contributed by atoms with Gasteiger partial charge in [-0.25, -0.2) is 4.79 Å². The fraction of sp³-hybridized carbons (Fsp3) is 0.250. The van der Waals surface area contributed by atoms with Crippen molar-refractivity contribution in [3.05, 3.63) is 84.7 Å². The highest BCUT2D eigenvalue weighted by atomic mass is 35.5. The lowest BCUT2D eigenvalue weighted by atomic mass is 10.0. The van der Waals surface area contributed by atoms with Crippen molar-refractivity contribution in [3.8, 4) is 11.5 Å². The number of amides is 2. The molecule has 0 radical (unpaired) electrons. The highest BCUT2D eigenvalue weighted by Crippen LogP contribution is 2.23. The number of aromatic nitrogens is 1. The van der Waals surface area contributed by atoms with E-state index >= 15 is 0 Å². The number of rotatable bonds is 6. The molecule has 170 valence electrons. The van der Waals surface area contributed by atoms with Gasteiger partial charge >= 0.3 is 6.03 Å². The zero-order valence-electron chi connectivity index (χ0n) is 17.6. The first-order valence-electron chi connectivity index (χ1n) is 10.3. The maximum atomic E-state index is 12.9. The molecule has 6 nitrogen and oxygen atoms in total. The van der Waals surface area contributed by atoms with Gasteiger partial charge in [0, 0.05) is 43.8 Å². The van der Waals surface area contributed by atoms with Crippen LogP contribution in [-0.4, -0.2) is 41.6 Å². The normalized spacial score (nSPS) is 15.1. The molecule has 8 heteroatoms. The highest BCUT2D eigenvalue weighted by molar-refractivity contribution is 5.89. The van der Waals surface area contributed by atoms with Gasteiger partial charge in [0.05, 0.1) is 0 Å². The van der Waals surface area contributed by atoms with Gasteiger partial charge in [0.2, 0.25) is 0 Å². The number of hydrogen-bond donors (Lipinski definition) is 2. The van der Waals surface area contributed by atoms with E-state index in [1.807, 2.05) is 71.8 Å². The van der Waals surface area contributed by atoms with E-state index in [1.165, 1.54) is 5.56 Å². The zero-order chi connectivity index (χ0) is 20.6. The molecule has 0 spiro atoms. The van der Waals surface area contributed by atoms with Crippen LogP contribution in [0.5, 0.6) is 11.5 Å². The standard InChI is InChI=1S/C24H26N4O2.2ClH/c29-24(27-20-9-12-23(13-10-20)30-22-6-2-1-3-7-22)28-16-15-26-18-21(28)11-8-19-5-4-14-25-17-19;;/h1-7,9-10,12-14,17,21,26H,8,11,15-16,18H2,(H,27,29);2*1H. The van der Waals surface area contributed by atoms with E-state index < -0.39 is 0 Å². The summed E-state index contributed by atoms with van der Waals surface area (Å²) in [7, 11) is 0. The van der Waals surface area contributed by atoms with Crippen LogP contribution >= 0.6 is 24.8 Å². The predicted octanol–water partition coefficient (Wildman–Crippen LogP) is 5.16. The Balaban J connectivity index is 0.00000181. The number of hydrogen-bond acceptors (Lipinski definition) is 4. The Morgan fingerprint density at radius 3 is 2.50 bits per heavy atom. The molecule has 2 heterocycles. The number of nitrogens with zero attached hydrogens (tertiary/aromatic N) is 2. The van der Waals surface area contributed by atoms with Gasteiger partial charge in [0.25, 0.3) is 0 Å². The van der Waals surface area contributed by atoms with Crippen molar-refractivity contribution in [2.24, 2.45) is 0 Å². The van der Waals surface area contributed by atoms with Crippen molar-refractivity contribution in [2.75, 3.05) is 25.0 Å². The lowest BCUT2D eigenvalue weighted by Gasteiger charge is -2.36. The van der Waals surface area contributed by atoms with Gasteiger partial charge in [-0.05, 0) is 60.9 Å². The van der Waals surface area contributed by atoms with E-state index in [4.69, 9.17) is 4.74 Å². The van der Waals surface area contributed by atoms with Crippen molar-refractivity contribution < 1.29 is 9.53 Å². The zero-order valence-corrected chi connectivity index (χ0v) is 19.3. The number of urea groups is 1. The predicted molar refractivity (Wildman–Crippen MR) is 132 cm³/mol. The molecule has 1 fully saturated rings. The van der Waals surface area contributed by atoms with Crippen molar-refractivity contribution in [3.63, 3.8) is 0 Å². The minimum absolute atomic E-state index is 0. The summed E-state index contributed by atoms with van der Waals surface area (Å²) in [5, 5.41) is 6.42. The number of carbonyl (C=O) groups is 1. The first-order valence-corrected chi connectivity index (χ1v) is 10.3. The monoisotopic (exact) mass is 474 g/mol. The number of piperazine rings is 1. The molecule has 1 aliphatic rings. The van der Waals surface area contributed by atoms with Gasteiger partial charge in [0.1, 0.15) is 11.5 Å². The molecule has 4 rings (SSSR count). The topological polar surface area (TPSA) is 66.5 Å². The second-order valence-corrected chi connectivity index (χ2v) is 7.32. The van der Waals surface area contributed by atoms with Crippen molar-refractivity contribution in [2.45, 2.75) is 18.9 Å². The Bertz CT molecular complexity index is 943. The Morgan fingerprint density at radius 2 is 1.78 bits per heavy atom. The minimum atomic E-state index is -0.0654. The molecule has 0 saturated carbocycles. The van der Waals surface area contributed by atoms with Gasteiger partial charge in [-0.1, -0.05) is 24.3 Å². The quantitative estimate of drug-likeness (QED) is 0.517. The van der Waals surface area contributed by atoms with Crippen LogP contribution in [0.1, 0.15) is 12.0 Å². The molecule has 1 atom stereocenters. The largest absolute Gasteiger partial charge is 0.457 e. The highest BCUT2D eigenvalue weighted by Gasteiger charge is 2.26. The number of halogens is 2. The Hall–Kier alpha value is -2.80. The van der Waals surface area contributed by atoms with Crippen LogP contribution in [0.3, 0.4) is 0 Å². The summed E-state index contributed by atoms with van der Waals surface area (Å²) in [5.74, 6) is 1.52. The van der Waals surface area contributed by atoms with Gasteiger partial charge in [-0.3, -0.25) is 4.98 Å². The molecule has 3 aromatic rings. The van der Waals surface area contributed by atoms with Crippen LogP contribution < -0.4 is 15.4 Å². The summed E-state index contributed by atoms with van der Waals surface area (Å²) >= 11 is 0. The molecule has 1 aliphatic heterocycles. The molecule has 1 aromatic heterocycles. The lowest BCUT2D eigenvalue weighted by molar-refractivity contribution is 0.166. The number of carbonyl (C=O) groups excluding carboxylic acids is 1. The third kappa shape index (κ3) is 7.12. The van der Waals surface area contributed by atoms with Crippen LogP contribution in [0.2, 0.25) is 0 Å². The van der Waals surface area contributed by atoms with Crippen LogP contribution in [-0.2, 0) is 6.42 Å². The van der Waals surface area contributed by atoms with Gasteiger partial charge in [-0.15, -0.1) is 24.8 Å². The number of benzene rings is 2. The second kappa shape index (κ2) is 12.9. The summed E-state index contributed by atoms with van der Waals surface area (Å²) in [6.07, 6.45) is 5.47. The summed E-state index contributed by atoms with van der Waals surface area (Å²) in [6, 6.07) is 21.2. The molecule has 1 unspecified atom stereocenters. The molecule has 2 aromatic carbocycles. The van der Waals surface area contributed by atoms with E-state index in [2.05, 4.69) is 21.7 Å². The Morgan fingerprint density at radius 1 is 1.03 bits per heavy atom. The molecular formula is C24H28Cl2N4O2. The van der Waals surface area contributed by atoms with Crippen LogP contribution in [0.25, 0.3) is 0 Å². The summed E-state index contributed by atoms with van der Waals surface area (Å²) < 4.78 is 5.81. The third-order valence-corrected chi connectivity index (χ3v) is 5.18. The fourth-order valence-electron chi connectivity index (χ4n) is 3.59. The van der Waals surface area contributed by atoms with E-state index in [-0.39, 0.29) is 36.9 Å². The van der Waals surface area contributed by atoms with Crippen LogP contribution in [0, 0.1) is 0 Å². The average molecular weight is 475 g/mol. The summed E-state index contributed by atoms with van der Waals surface area (Å²) in [4.78, 5) is 19.0. The van der Waals surface area contributed by atoms with Gasteiger partial charge in [0.15, 0.2) is 0 Å².